The van der Waals surface area contributed by atoms with Crippen molar-refractivity contribution in [2.45, 2.75) is 53.6 Å². The maximum absolute atomic E-state index is 6.03. The van der Waals surface area contributed by atoms with E-state index in [4.69, 9.17) is 19.0 Å². The smallest absolute Gasteiger partial charge is 0.125 e. The van der Waals surface area contributed by atoms with E-state index in [-0.39, 0.29) is 0 Å². The minimum Gasteiger partial charge on any atom is -0.493 e. The van der Waals surface area contributed by atoms with E-state index in [9.17, 15) is 0 Å². The van der Waals surface area contributed by atoms with Crippen molar-refractivity contribution in [3.05, 3.63) is 70.8 Å². The third-order valence-electron chi connectivity index (χ3n) is 5.04. The van der Waals surface area contributed by atoms with Crippen molar-refractivity contribution in [3.8, 4) is 11.5 Å². The number of benzene rings is 2. The zero-order valence-corrected chi connectivity index (χ0v) is 20.1. The molecule has 2 aromatic rings. The van der Waals surface area contributed by atoms with Crippen LogP contribution < -0.4 is 9.47 Å². The molecule has 0 amide bonds. The SMILES string of the molecule is C/C=C/COc1cc(C)c(OCCCCOCc2ccc(C(CC)=NOC)cc2)c(C)c1. The van der Waals surface area contributed by atoms with Gasteiger partial charge < -0.3 is 19.0 Å². The molecule has 0 aliphatic rings. The van der Waals surface area contributed by atoms with Crippen LogP contribution >= 0.6 is 0 Å². The average Bonchev–Trinajstić information content (AvgIpc) is 2.79. The second-order valence-electron chi connectivity index (χ2n) is 7.65. The van der Waals surface area contributed by atoms with Gasteiger partial charge in [-0.3, -0.25) is 0 Å². The van der Waals surface area contributed by atoms with Crippen molar-refractivity contribution in [1.82, 2.24) is 0 Å². The summed E-state index contributed by atoms with van der Waals surface area (Å²) in [6, 6.07) is 12.4. The van der Waals surface area contributed by atoms with Crippen molar-refractivity contribution >= 4 is 5.71 Å². The molecule has 0 N–H and O–H groups in total. The lowest BCUT2D eigenvalue weighted by Crippen LogP contribution is -2.04. The highest BCUT2D eigenvalue weighted by molar-refractivity contribution is 6.00. The molecule has 0 bridgehead atoms. The highest BCUT2D eigenvalue weighted by Crippen LogP contribution is 2.28. The Morgan fingerprint density at radius 2 is 1.66 bits per heavy atom. The van der Waals surface area contributed by atoms with E-state index in [1.807, 2.05) is 31.2 Å². The van der Waals surface area contributed by atoms with Crippen molar-refractivity contribution in [2.24, 2.45) is 5.16 Å². The molecule has 0 fully saturated rings. The van der Waals surface area contributed by atoms with E-state index in [0.717, 1.165) is 58.7 Å². The van der Waals surface area contributed by atoms with Crippen LogP contribution in [0.1, 0.15) is 55.4 Å². The molecule has 2 aromatic carbocycles. The van der Waals surface area contributed by atoms with Crippen LogP contribution in [0.3, 0.4) is 0 Å². The average molecular weight is 440 g/mol. The quantitative estimate of drug-likeness (QED) is 0.148. The molecule has 0 heterocycles. The number of hydrogen-bond acceptors (Lipinski definition) is 5. The van der Waals surface area contributed by atoms with Crippen molar-refractivity contribution < 1.29 is 19.0 Å². The lowest BCUT2D eigenvalue weighted by Gasteiger charge is -2.14. The fourth-order valence-corrected chi connectivity index (χ4v) is 3.36. The molecular weight excluding hydrogens is 402 g/mol. The predicted molar refractivity (Wildman–Crippen MR) is 131 cm³/mol. The van der Waals surface area contributed by atoms with Crippen molar-refractivity contribution in [3.63, 3.8) is 0 Å². The summed E-state index contributed by atoms with van der Waals surface area (Å²) in [6.45, 7) is 10.8. The Kier molecular flexibility index (Phi) is 11.4. The Bertz CT molecular complexity index is 849. The van der Waals surface area contributed by atoms with Gasteiger partial charge in [0.1, 0.15) is 25.2 Å². The van der Waals surface area contributed by atoms with Gasteiger partial charge in [-0.25, -0.2) is 0 Å². The molecular formula is C27H37NO4. The maximum atomic E-state index is 6.03. The molecule has 174 valence electrons. The van der Waals surface area contributed by atoms with Gasteiger partial charge in [-0.2, -0.15) is 0 Å². The lowest BCUT2D eigenvalue weighted by atomic mass is 10.1. The second-order valence-corrected chi connectivity index (χ2v) is 7.65. The summed E-state index contributed by atoms with van der Waals surface area (Å²) in [5, 5.41) is 4.06. The number of aryl methyl sites for hydroxylation is 2. The van der Waals surface area contributed by atoms with Gasteiger partial charge in [-0.1, -0.05) is 48.5 Å². The summed E-state index contributed by atoms with van der Waals surface area (Å²) < 4.78 is 17.6. The van der Waals surface area contributed by atoms with E-state index >= 15 is 0 Å². The Labute approximate surface area is 193 Å². The Morgan fingerprint density at radius 1 is 0.969 bits per heavy atom. The summed E-state index contributed by atoms with van der Waals surface area (Å²) in [5.74, 6) is 1.83. The minimum absolute atomic E-state index is 0.585. The van der Waals surface area contributed by atoms with Gasteiger partial charge in [0.25, 0.3) is 0 Å². The topological polar surface area (TPSA) is 49.3 Å². The van der Waals surface area contributed by atoms with Gasteiger partial charge in [0.15, 0.2) is 0 Å². The minimum atomic E-state index is 0.585. The van der Waals surface area contributed by atoms with E-state index in [2.05, 4.69) is 50.2 Å². The van der Waals surface area contributed by atoms with Crippen LogP contribution in [0.4, 0.5) is 0 Å². The summed E-state index contributed by atoms with van der Waals surface area (Å²) in [4.78, 5) is 4.90. The van der Waals surface area contributed by atoms with Gasteiger partial charge in [-0.05, 0) is 74.4 Å². The number of rotatable bonds is 14. The molecule has 5 nitrogen and oxygen atoms in total. The summed E-state index contributed by atoms with van der Waals surface area (Å²) in [6.07, 6.45) is 6.72. The Hall–Kier alpha value is -2.79. The molecule has 2 rings (SSSR count). The number of oxime groups is 1. The molecule has 0 aliphatic carbocycles. The third kappa shape index (κ3) is 8.39. The van der Waals surface area contributed by atoms with Crippen molar-refractivity contribution in [1.29, 1.82) is 0 Å². The largest absolute Gasteiger partial charge is 0.493 e. The molecule has 0 spiro atoms. The van der Waals surface area contributed by atoms with Crippen LogP contribution in [0.5, 0.6) is 11.5 Å². The maximum Gasteiger partial charge on any atom is 0.125 e. The first-order chi connectivity index (χ1) is 15.6. The van der Waals surface area contributed by atoms with E-state index in [1.54, 1.807) is 7.11 Å². The fraction of sp³-hybridized carbons (Fsp3) is 0.444. The van der Waals surface area contributed by atoms with Gasteiger partial charge >= 0.3 is 0 Å². The van der Waals surface area contributed by atoms with Crippen LogP contribution in [0, 0.1) is 13.8 Å². The first-order valence-electron chi connectivity index (χ1n) is 11.3. The first kappa shape index (κ1) is 25.5. The van der Waals surface area contributed by atoms with Gasteiger partial charge in [0, 0.05) is 6.61 Å². The number of nitrogens with zero attached hydrogens (tertiary/aromatic N) is 1. The van der Waals surface area contributed by atoms with Gasteiger partial charge in [0.2, 0.25) is 0 Å². The van der Waals surface area contributed by atoms with Crippen LogP contribution in [0.2, 0.25) is 0 Å². The Balaban J connectivity index is 1.68. The lowest BCUT2D eigenvalue weighted by molar-refractivity contribution is 0.113. The zero-order chi connectivity index (χ0) is 23.2. The predicted octanol–water partition coefficient (Wildman–Crippen LogP) is 6.39. The van der Waals surface area contributed by atoms with E-state index < -0.39 is 0 Å². The molecule has 32 heavy (non-hydrogen) atoms. The van der Waals surface area contributed by atoms with Crippen LogP contribution in [0.15, 0.2) is 53.7 Å². The third-order valence-corrected chi connectivity index (χ3v) is 5.04. The van der Waals surface area contributed by atoms with Crippen LogP contribution in [-0.2, 0) is 16.2 Å². The van der Waals surface area contributed by atoms with E-state index in [1.165, 1.54) is 0 Å². The number of ether oxygens (including phenoxy) is 3. The Morgan fingerprint density at radius 3 is 2.28 bits per heavy atom. The molecule has 0 unspecified atom stereocenters. The molecule has 0 aliphatic heterocycles. The molecule has 0 aromatic heterocycles. The number of allylic oxidation sites excluding steroid dienone is 1. The molecule has 5 heteroatoms. The molecule has 0 radical (unpaired) electrons. The standard InChI is InChI=1S/C27H37NO4/c1-6-8-16-31-25-18-21(3)27(22(4)19-25)32-17-10-9-15-30-20-23-11-13-24(14-12-23)26(7-2)28-29-5/h6,8,11-14,18-19H,7,9-10,15-17,20H2,1-5H3/b8-6+,28-26?. The molecule has 0 atom stereocenters. The van der Waals surface area contributed by atoms with Gasteiger partial charge in [-0.15, -0.1) is 0 Å². The number of unbranched alkanes of at least 4 members (excludes halogenated alkanes) is 1. The van der Waals surface area contributed by atoms with Crippen molar-refractivity contribution in [2.75, 3.05) is 26.9 Å². The van der Waals surface area contributed by atoms with Gasteiger partial charge in [0.05, 0.1) is 18.9 Å². The van der Waals surface area contributed by atoms with E-state index in [0.29, 0.717) is 26.4 Å². The molecule has 0 saturated heterocycles. The zero-order valence-electron chi connectivity index (χ0n) is 20.1. The highest BCUT2D eigenvalue weighted by Gasteiger charge is 2.07. The fourth-order valence-electron chi connectivity index (χ4n) is 3.36. The normalized spacial score (nSPS) is 11.7. The summed E-state index contributed by atoms with van der Waals surface area (Å²) in [5.41, 5.74) is 5.38. The van der Waals surface area contributed by atoms with Crippen LogP contribution in [-0.4, -0.2) is 32.6 Å². The summed E-state index contributed by atoms with van der Waals surface area (Å²) >= 11 is 0. The second kappa shape index (κ2) is 14.3. The number of hydrogen-bond donors (Lipinski definition) is 0. The monoisotopic (exact) mass is 439 g/mol. The first-order valence-corrected chi connectivity index (χ1v) is 11.3. The van der Waals surface area contributed by atoms with Crippen LogP contribution in [0.25, 0.3) is 0 Å². The highest BCUT2D eigenvalue weighted by atomic mass is 16.6. The summed E-state index contributed by atoms with van der Waals surface area (Å²) in [7, 11) is 1.57. The molecule has 0 saturated carbocycles.